The van der Waals surface area contributed by atoms with E-state index in [1.165, 1.54) is 29.5 Å². The van der Waals surface area contributed by atoms with Crippen LogP contribution in [0.1, 0.15) is 0 Å². The van der Waals surface area contributed by atoms with E-state index in [1.54, 1.807) is 18.5 Å². The second-order valence-electron chi connectivity index (χ2n) is 3.33. The van der Waals surface area contributed by atoms with E-state index in [9.17, 15) is 13.2 Å². The van der Waals surface area contributed by atoms with E-state index in [0.717, 1.165) is 0 Å². The molecule has 0 saturated heterocycles. The molecule has 0 saturated carbocycles. The maximum absolute atomic E-state index is 12.3. The van der Waals surface area contributed by atoms with Crippen LogP contribution in [0.15, 0.2) is 29.6 Å². The Morgan fingerprint density at radius 3 is 2.61 bits per heavy atom. The standard InChI is InChI=1S/C11H9F3N2OS/c1-15-10-16-8(6-18-10)7-4-2-3-5-9(7)17-11(12,13)14/h2-6H,1H3,(H,15,16). The minimum Gasteiger partial charge on any atom is -0.405 e. The van der Waals surface area contributed by atoms with Gasteiger partial charge in [0, 0.05) is 18.0 Å². The van der Waals surface area contributed by atoms with Crippen molar-refractivity contribution in [3.63, 3.8) is 0 Å². The highest BCUT2D eigenvalue weighted by molar-refractivity contribution is 7.14. The number of aromatic nitrogens is 1. The van der Waals surface area contributed by atoms with Gasteiger partial charge in [-0.25, -0.2) is 4.98 Å². The largest absolute Gasteiger partial charge is 0.573 e. The lowest BCUT2D eigenvalue weighted by atomic mass is 10.1. The maximum atomic E-state index is 12.3. The zero-order valence-corrected chi connectivity index (χ0v) is 10.1. The average molecular weight is 274 g/mol. The van der Waals surface area contributed by atoms with Crippen LogP contribution < -0.4 is 10.1 Å². The van der Waals surface area contributed by atoms with Gasteiger partial charge in [-0.1, -0.05) is 12.1 Å². The molecule has 1 aromatic heterocycles. The van der Waals surface area contributed by atoms with Crippen LogP contribution in [-0.4, -0.2) is 18.4 Å². The van der Waals surface area contributed by atoms with Crippen LogP contribution in [0, 0.1) is 0 Å². The number of nitrogens with one attached hydrogen (secondary N) is 1. The molecular formula is C11H9F3N2OS. The Morgan fingerprint density at radius 1 is 1.28 bits per heavy atom. The van der Waals surface area contributed by atoms with Gasteiger partial charge < -0.3 is 10.1 Å². The third-order valence-electron chi connectivity index (χ3n) is 2.11. The summed E-state index contributed by atoms with van der Waals surface area (Å²) < 4.78 is 40.7. The molecule has 7 heteroatoms. The molecule has 18 heavy (non-hydrogen) atoms. The first-order valence-corrected chi connectivity index (χ1v) is 5.86. The van der Waals surface area contributed by atoms with Gasteiger partial charge in [0.05, 0.1) is 5.69 Å². The Balaban J connectivity index is 2.38. The van der Waals surface area contributed by atoms with E-state index in [1.807, 2.05) is 0 Å². The minimum atomic E-state index is -4.71. The van der Waals surface area contributed by atoms with E-state index in [2.05, 4.69) is 15.0 Å². The number of para-hydroxylation sites is 1. The number of hydrogen-bond acceptors (Lipinski definition) is 4. The van der Waals surface area contributed by atoms with Gasteiger partial charge in [0.2, 0.25) is 0 Å². The van der Waals surface area contributed by atoms with Crippen LogP contribution in [0.3, 0.4) is 0 Å². The molecule has 0 atom stereocenters. The first-order chi connectivity index (χ1) is 8.49. The summed E-state index contributed by atoms with van der Waals surface area (Å²) in [4.78, 5) is 4.15. The third kappa shape index (κ3) is 2.92. The molecule has 0 amide bonds. The van der Waals surface area contributed by atoms with Gasteiger partial charge in [-0.05, 0) is 12.1 Å². The lowest BCUT2D eigenvalue weighted by molar-refractivity contribution is -0.274. The molecule has 0 spiro atoms. The summed E-state index contributed by atoms with van der Waals surface area (Å²) in [5, 5.41) is 5.13. The van der Waals surface area contributed by atoms with Crippen molar-refractivity contribution in [1.29, 1.82) is 0 Å². The van der Waals surface area contributed by atoms with E-state index in [0.29, 0.717) is 16.4 Å². The van der Waals surface area contributed by atoms with Gasteiger partial charge in [0.15, 0.2) is 5.13 Å². The Morgan fingerprint density at radius 2 is 2.00 bits per heavy atom. The fourth-order valence-corrected chi connectivity index (χ4v) is 2.08. The molecule has 0 aliphatic carbocycles. The van der Waals surface area contributed by atoms with Gasteiger partial charge in [0.25, 0.3) is 0 Å². The van der Waals surface area contributed by atoms with Crippen LogP contribution in [0.4, 0.5) is 18.3 Å². The number of anilines is 1. The van der Waals surface area contributed by atoms with Crippen molar-refractivity contribution in [3.8, 4) is 17.0 Å². The zero-order chi connectivity index (χ0) is 13.2. The molecule has 0 aliphatic heterocycles. The number of alkyl halides is 3. The highest BCUT2D eigenvalue weighted by Crippen LogP contribution is 2.34. The monoisotopic (exact) mass is 274 g/mol. The summed E-state index contributed by atoms with van der Waals surface area (Å²) in [6, 6.07) is 5.92. The van der Waals surface area contributed by atoms with E-state index in [-0.39, 0.29) is 5.75 Å². The van der Waals surface area contributed by atoms with Gasteiger partial charge in [-0.2, -0.15) is 0 Å². The first kappa shape index (κ1) is 12.7. The van der Waals surface area contributed by atoms with Crippen molar-refractivity contribution >= 4 is 16.5 Å². The predicted octanol–water partition coefficient (Wildman–Crippen LogP) is 3.75. The topological polar surface area (TPSA) is 34.2 Å². The zero-order valence-electron chi connectivity index (χ0n) is 9.28. The van der Waals surface area contributed by atoms with Gasteiger partial charge >= 0.3 is 6.36 Å². The van der Waals surface area contributed by atoms with Crippen molar-refractivity contribution < 1.29 is 17.9 Å². The highest BCUT2D eigenvalue weighted by atomic mass is 32.1. The fraction of sp³-hybridized carbons (Fsp3) is 0.182. The van der Waals surface area contributed by atoms with Crippen LogP contribution in [0.5, 0.6) is 5.75 Å². The summed E-state index contributed by atoms with van der Waals surface area (Å²) in [5.41, 5.74) is 0.761. The summed E-state index contributed by atoms with van der Waals surface area (Å²) in [6.07, 6.45) is -4.71. The fourth-order valence-electron chi connectivity index (χ4n) is 1.40. The predicted molar refractivity (Wildman–Crippen MR) is 63.8 cm³/mol. The van der Waals surface area contributed by atoms with Crippen LogP contribution in [-0.2, 0) is 0 Å². The minimum absolute atomic E-state index is 0.252. The molecular weight excluding hydrogens is 265 g/mol. The van der Waals surface area contributed by atoms with E-state index < -0.39 is 6.36 Å². The molecule has 2 aromatic rings. The number of benzene rings is 1. The Labute approximate surface area is 105 Å². The Bertz CT molecular complexity index is 539. The molecule has 1 aromatic carbocycles. The molecule has 0 radical (unpaired) electrons. The second-order valence-corrected chi connectivity index (χ2v) is 4.19. The lowest BCUT2D eigenvalue weighted by Crippen LogP contribution is -2.17. The maximum Gasteiger partial charge on any atom is 0.573 e. The molecule has 1 heterocycles. The lowest BCUT2D eigenvalue weighted by Gasteiger charge is -2.11. The number of halogens is 3. The number of rotatable bonds is 3. The third-order valence-corrected chi connectivity index (χ3v) is 2.97. The summed E-state index contributed by atoms with van der Waals surface area (Å²) in [7, 11) is 1.70. The molecule has 0 bridgehead atoms. The van der Waals surface area contributed by atoms with E-state index in [4.69, 9.17) is 0 Å². The van der Waals surface area contributed by atoms with Gasteiger partial charge in [-0.3, -0.25) is 0 Å². The number of nitrogens with zero attached hydrogens (tertiary/aromatic N) is 1. The summed E-state index contributed by atoms with van der Waals surface area (Å²) in [5.74, 6) is -0.252. The smallest absolute Gasteiger partial charge is 0.405 e. The van der Waals surface area contributed by atoms with Crippen molar-refractivity contribution in [1.82, 2.24) is 4.98 Å². The highest BCUT2D eigenvalue weighted by Gasteiger charge is 2.32. The molecule has 0 aliphatic rings. The van der Waals surface area contributed by atoms with Crippen LogP contribution in [0.25, 0.3) is 11.3 Å². The number of thiazole rings is 1. The van der Waals surface area contributed by atoms with Crippen molar-refractivity contribution in [2.24, 2.45) is 0 Å². The molecule has 1 N–H and O–H groups in total. The summed E-state index contributed by atoms with van der Waals surface area (Å²) in [6.45, 7) is 0. The SMILES string of the molecule is CNc1nc(-c2ccccc2OC(F)(F)F)cs1. The van der Waals surface area contributed by atoms with Gasteiger partial charge in [-0.15, -0.1) is 24.5 Å². The quantitative estimate of drug-likeness (QED) is 0.925. The molecule has 2 rings (SSSR count). The van der Waals surface area contributed by atoms with Crippen LogP contribution in [0.2, 0.25) is 0 Å². The van der Waals surface area contributed by atoms with Gasteiger partial charge in [0.1, 0.15) is 5.75 Å². The van der Waals surface area contributed by atoms with E-state index >= 15 is 0 Å². The van der Waals surface area contributed by atoms with Crippen molar-refractivity contribution in [2.75, 3.05) is 12.4 Å². The normalized spacial score (nSPS) is 11.3. The molecule has 0 fully saturated rings. The number of hydrogen-bond donors (Lipinski definition) is 1. The summed E-state index contributed by atoms with van der Waals surface area (Å²) >= 11 is 1.31. The number of ether oxygens (including phenoxy) is 1. The molecule has 96 valence electrons. The molecule has 3 nitrogen and oxygen atoms in total. The Hall–Kier alpha value is -1.76. The molecule has 0 unspecified atom stereocenters. The first-order valence-electron chi connectivity index (χ1n) is 4.98. The second kappa shape index (κ2) is 4.85. The van der Waals surface area contributed by atoms with Crippen LogP contribution >= 0.6 is 11.3 Å². The van der Waals surface area contributed by atoms with Crippen molar-refractivity contribution in [3.05, 3.63) is 29.6 Å². The average Bonchev–Trinajstić information content (AvgIpc) is 2.76. The Kier molecular flexibility index (Phi) is 3.42. The van der Waals surface area contributed by atoms with Crippen molar-refractivity contribution in [2.45, 2.75) is 6.36 Å².